The predicted molar refractivity (Wildman–Crippen MR) is 78.6 cm³/mol. The molecule has 2 atom stereocenters. The van der Waals surface area contributed by atoms with Gasteiger partial charge in [0.25, 0.3) is 0 Å². The third kappa shape index (κ3) is 2.63. The first kappa shape index (κ1) is 13.4. The molecule has 0 spiro atoms. The highest BCUT2D eigenvalue weighted by atomic mass is 16.2. The quantitative estimate of drug-likeness (QED) is 0.863. The molecule has 2 unspecified atom stereocenters. The highest BCUT2D eigenvalue weighted by Gasteiger charge is 2.33. The molecule has 2 aliphatic heterocycles. The molecule has 108 valence electrons. The van der Waals surface area contributed by atoms with Crippen LogP contribution in [0.15, 0.2) is 24.4 Å². The maximum Gasteiger partial charge on any atom is 0.227 e. The predicted octanol–water partition coefficient (Wildman–Crippen LogP) is 0.728. The van der Waals surface area contributed by atoms with Crippen LogP contribution in [0.3, 0.4) is 0 Å². The lowest BCUT2D eigenvalue weighted by Crippen LogP contribution is -2.51. The van der Waals surface area contributed by atoms with Crippen LogP contribution in [0.25, 0.3) is 0 Å². The summed E-state index contributed by atoms with van der Waals surface area (Å²) < 4.78 is 0. The summed E-state index contributed by atoms with van der Waals surface area (Å²) in [5.41, 5.74) is 0. The van der Waals surface area contributed by atoms with E-state index in [0.717, 1.165) is 45.0 Å². The Kier molecular flexibility index (Phi) is 3.87. The number of pyridine rings is 1. The highest BCUT2D eigenvalue weighted by molar-refractivity contribution is 5.80. The molecule has 5 heteroatoms. The molecule has 0 bridgehead atoms. The monoisotopic (exact) mass is 274 g/mol. The molecule has 2 fully saturated rings. The molecular formula is C15H22N4O. The van der Waals surface area contributed by atoms with Gasteiger partial charge in [0.2, 0.25) is 5.91 Å². The number of anilines is 1. The van der Waals surface area contributed by atoms with Crippen molar-refractivity contribution in [3.8, 4) is 0 Å². The van der Waals surface area contributed by atoms with Crippen molar-refractivity contribution in [1.82, 2.24) is 15.2 Å². The topological polar surface area (TPSA) is 48.5 Å². The summed E-state index contributed by atoms with van der Waals surface area (Å²) in [6.45, 7) is 6.43. The van der Waals surface area contributed by atoms with Gasteiger partial charge in [0.05, 0.1) is 5.92 Å². The Bertz CT molecular complexity index is 456. The molecule has 1 N–H and O–H groups in total. The number of rotatable bonds is 2. The zero-order valence-corrected chi connectivity index (χ0v) is 12.0. The summed E-state index contributed by atoms with van der Waals surface area (Å²) in [5.74, 6) is 1.50. The third-order valence-electron chi connectivity index (χ3n) is 4.41. The van der Waals surface area contributed by atoms with E-state index in [1.165, 1.54) is 0 Å². The van der Waals surface area contributed by atoms with Crippen molar-refractivity contribution >= 4 is 11.7 Å². The van der Waals surface area contributed by atoms with Crippen molar-refractivity contribution in [2.45, 2.75) is 19.4 Å². The van der Waals surface area contributed by atoms with Crippen LogP contribution in [0.1, 0.15) is 13.3 Å². The summed E-state index contributed by atoms with van der Waals surface area (Å²) in [7, 11) is 0. The molecule has 2 aliphatic rings. The Morgan fingerprint density at radius 1 is 1.30 bits per heavy atom. The number of hydrogen-bond acceptors (Lipinski definition) is 4. The molecular weight excluding hydrogens is 252 g/mol. The van der Waals surface area contributed by atoms with Gasteiger partial charge in [-0.25, -0.2) is 4.98 Å². The molecule has 5 nitrogen and oxygen atoms in total. The van der Waals surface area contributed by atoms with Gasteiger partial charge in [-0.05, 0) is 32.0 Å². The fourth-order valence-corrected chi connectivity index (χ4v) is 3.13. The van der Waals surface area contributed by atoms with Gasteiger partial charge < -0.3 is 15.1 Å². The average Bonchev–Trinajstić information content (AvgIpc) is 2.94. The second-order valence-corrected chi connectivity index (χ2v) is 5.64. The fraction of sp³-hybridized carbons (Fsp3) is 0.600. The summed E-state index contributed by atoms with van der Waals surface area (Å²) in [4.78, 5) is 21.2. The lowest BCUT2D eigenvalue weighted by Gasteiger charge is -2.37. The van der Waals surface area contributed by atoms with E-state index in [2.05, 4.69) is 22.1 Å². The second-order valence-electron chi connectivity index (χ2n) is 5.64. The number of nitrogens with zero attached hydrogens (tertiary/aromatic N) is 3. The zero-order chi connectivity index (χ0) is 13.9. The number of piperazine rings is 1. The number of nitrogens with one attached hydrogen (secondary N) is 1. The summed E-state index contributed by atoms with van der Waals surface area (Å²) >= 11 is 0. The number of hydrogen-bond donors (Lipinski definition) is 1. The van der Waals surface area contributed by atoms with Crippen LogP contribution in [-0.4, -0.2) is 54.6 Å². The van der Waals surface area contributed by atoms with Crippen LogP contribution in [0.5, 0.6) is 0 Å². The van der Waals surface area contributed by atoms with Gasteiger partial charge in [0.1, 0.15) is 5.82 Å². The molecule has 1 aromatic heterocycles. The maximum atomic E-state index is 12.5. The lowest BCUT2D eigenvalue weighted by atomic mass is 10.00. The highest BCUT2D eigenvalue weighted by Crippen LogP contribution is 2.20. The van der Waals surface area contributed by atoms with E-state index >= 15 is 0 Å². The van der Waals surface area contributed by atoms with Crippen LogP contribution in [-0.2, 0) is 4.79 Å². The van der Waals surface area contributed by atoms with E-state index < -0.39 is 0 Å². The number of carbonyl (C=O) groups excluding carboxylic acids is 1. The number of amides is 1. The smallest absolute Gasteiger partial charge is 0.227 e. The fourth-order valence-electron chi connectivity index (χ4n) is 3.13. The van der Waals surface area contributed by atoms with Crippen molar-refractivity contribution in [2.75, 3.05) is 37.6 Å². The summed E-state index contributed by atoms with van der Waals surface area (Å²) in [6.07, 6.45) is 2.79. The normalized spacial score (nSPS) is 26.9. The van der Waals surface area contributed by atoms with Gasteiger partial charge in [-0.1, -0.05) is 6.07 Å². The Labute approximate surface area is 120 Å². The largest absolute Gasteiger partial charge is 0.353 e. The van der Waals surface area contributed by atoms with Gasteiger partial charge in [-0.2, -0.15) is 0 Å². The van der Waals surface area contributed by atoms with Crippen molar-refractivity contribution in [1.29, 1.82) is 0 Å². The van der Waals surface area contributed by atoms with E-state index in [0.29, 0.717) is 11.9 Å². The Morgan fingerprint density at radius 2 is 2.10 bits per heavy atom. The zero-order valence-electron chi connectivity index (χ0n) is 12.0. The minimum Gasteiger partial charge on any atom is -0.353 e. The first-order valence-corrected chi connectivity index (χ1v) is 7.44. The molecule has 0 aliphatic carbocycles. The first-order chi connectivity index (χ1) is 9.75. The summed E-state index contributed by atoms with van der Waals surface area (Å²) in [6, 6.07) is 6.28. The van der Waals surface area contributed by atoms with E-state index in [1.54, 1.807) is 0 Å². The van der Waals surface area contributed by atoms with Crippen molar-refractivity contribution in [3.05, 3.63) is 24.4 Å². The Morgan fingerprint density at radius 3 is 2.70 bits per heavy atom. The van der Waals surface area contributed by atoms with Crippen molar-refractivity contribution < 1.29 is 4.79 Å². The molecule has 3 heterocycles. The molecule has 0 aromatic carbocycles. The molecule has 1 amide bonds. The summed E-state index contributed by atoms with van der Waals surface area (Å²) in [5, 5.41) is 3.36. The maximum absolute atomic E-state index is 12.5. The van der Waals surface area contributed by atoms with Crippen molar-refractivity contribution in [3.63, 3.8) is 0 Å². The minimum absolute atomic E-state index is 0.163. The SMILES string of the molecule is CC1NCCC1C(=O)N1CCN(c2ccccn2)CC1. The van der Waals surface area contributed by atoms with Crippen LogP contribution in [0.2, 0.25) is 0 Å². The van der Waals surface area contributed by atoms with Crippen LogP contribution < -0.4 is 10.2 Å². The lowest BCUT2D eigenvalue weighted by molar-refractivity contribution is -0.136. The molecule has 20 heavy (non-hydrogen) atoms. The minimum atomic E-state index is 0.163. The Hall–Kier alpha value is -1.62. The van der Waals surface area contributed by atoms with Crippen LogP contribution in [0, 0.1) is 5.92 Å². The van der Waals surface area contributed by atoms with Crippen molar-refractivity contribution in [2.24, 2.45) is 5.92 Å². The number of carbonyl (C=O) groups is 1. The molecule has 3 rings (SSSR count). The first-order valence-electron chi connectivity index (χ1n) is 7.44. The molecule has 2 saturated heterocycles. The Balaban J connectivity index is 1.57. The van der Waals surface area contributed by atoms with Gasteiger partial charge >= 0.3 is 0 Å². The van der Waals surface area contributed by atoms with Crippen LogP contribution in [0.4, 0.5) is 5.82 Å². The average molecular weight is 274 g/mol. The van der Waals surface area contributed by atoms with E-state index in [1.807, 2.05) is 29.3 Å². The van der Waals surface area contributed by atoms with Gasteiger partial charge in [-0.15, -0.1) is 0 Å². The van der Waals surface area contributed by atoms with Gasteiger partial charge in [0.15, 0.2) is 0 Å². The van der Waals surface area contributed by atoms with E-state index in [9.17, 15) is 4.79 Å². The standard InChI is InChI=1S/C15H22N4O/c1-12-13(5-7-16-12)15(20)19-10-8-18(9-11-19)14-4-2-3-6-17-14/h2-4,6,12-13,16H,5,7-11H2,1H3. The van der Waals surface area contributed by atoms with Gasteiger partial charge in [-0.3, -0.25) is 4.79 Å². The second kappa shape index (κ2) is 5.79. The molecule has 0 radical (unpaired) electrons. The molecule has 0 saturated carbocycles. The molecule has 1 aromatic rings. The number of aromatic nitrogens is 1. The van der Waals surface area contributed by atoms with E-state index in [4.69, 9.17) is 0 Å². The third-order valence-corrected chi connectivity index (χ3v) is 4.41. The van der Waals surface area contributed by atoms with Gasteiger partial charge in [0, 0.05) is 38.4 Å². The van der Waals surface area contributed by atoms with E-state index in [-0.39, 0.29) is 5.92 Å². The van der Waals surface area contributed by atoms with Crippen LogP contribution >= 0.6 is 0 Å².